The van der Waals surface area contributed by atoms with Crippen molar-refractivity contribution >= 4 is 12.0 Å². The van der Waals surface area contributed by atoms with Crippen molar-refractivity contribution < 1.29 is 14.3 Å². The molecule has 2 saturated heterocycles. The highest BCUT2D eigenvalue weighted by Gasteiger charge is 2.31. The summed E-state index contributed by atoms with van der Waals surface area (Å²) in [5.74, 6) is 0.234. The highest BCUT2D eigenvalue weighted by Crippen LogP contribution is 2.22. The fraction of sp³-hybridized carbons (Fsp3) is 0.900. The van der Waals surface area contributed by atoms with Gasteiger partial charge in [0, 0.05) is 38.1 Å². The normalized spacial score (nSPS) is 24.9. The van der Waals surface area contributed by atoms with Crippen molar-refractivity contribution in [2.75, 3.05) is 19.6 Å². The lowest BCUT2D eigenvalue weighted by Gasteiger charge is -2.39. The van der Waals surface area contributed by atoms with Crippen molar-refractivity contribution in [1.29, 1.82) is 0 Å². The number of likely N-dealkylation sites (tertiary alicyclic amines) is 1. The van der Waals surface area contributed by atoms with Gasteiger partial charge in [-0.25, -0.2) is 4.79 Å². The third-order valence-corrected chi connectivity index (χ3v) is 5.33. The van der Waals surface area contributed by atoms with Crippen molar-refractivity contribution in [3.05, 3.63) is 0 Å². The highest BCUT2D eigenvalue weighted by atomic mass is 16.6. The number of amides is 2. The molecular formula is C20H37N3O3. The first-order valence-corrected chi connectivity index (χ1v) is 10.3. The Morgan fingerprint density at radius 2 is 1.65 bits per heavy atom. The highest BCUT2D eigenvalue weighted by molar-refractivity contribution is 5.76. The summed E-state index contributed by atoms with van der Waals surface area (Å²) >= 11 is 0. The van der Waals surface area contributed by atoms with Gasteiger partial charge in [-0.2, -0.15) is 0 Å². The van der Waals surface area contributed by atoms with Gasteiger partial charge in [-0.05, 0) is 52.9 Å². The van der Waals surface area contributed by atoms with Crippen LogP contribution >= 0.6 is 0 Å². The van der Waals surface area contributed by atoms with E-state index in [1.807, 2.05) is 20.8 Å². The van der Waals surface area contributed by atoms with E-state index in [4.69, 9.17) is 10.5 Å². The molecule has 0 radical (unpaired) electrons. The average molecular weight is 368 g/mol. The van der Waals surface area contributed by atoms with Crippen LogP contribution in [-0.2, 0) is 9.53 Å². The second-order valence-corrected chi connectivity index (χ2v) is 8.79. The van der Waals surface area contributed by atoms with E-state index in [9.17, 15) is 9.59 Å². The molecule has 2 amide bonds. The van der Waals surface area contributed by atoms with Crippen LogP contribution in [0.3, 0.4) is 0 Å². The van der Waals surface area contributed by atoms with Gasteiger partial charge in [0.15, 0.2) is 0 Å². The SMILES string of the molecule is CC(C)(C)OC(=O)N1CCC(N2CCCCCCC(N)CCC2=O)CC1. The summed E-state index contributed by atoms with van der Waals surface area (Å²) in [7, 11) is 0. The lowest BCUT2D eigenvalue weighted by Crippen LogP contribution is -2.50. The van der Waals surface area contributed by atoms with Gasteiger partial charge < -0.3 is 20.3 Å². The Kier molecular flexibility index (Phi) is 7.74. The van der Waals surface area contributed by atoms with Crippen LogP contribution in [0.15, 0.2) is 0 Å². The molecular weight excluding hydrogens is 330 g/mol. The Hall–Kier alpha value is -1.30. The summed E-state index contributed by atoms with van der Waals surface area (Å²) in [5, 5.41) is 0. The number of rotatable bonds is 1. The molecule has 0 aliphatic carbocycles. The molecule has 0 saturated carbocycles. The van der Waals surface area contributed by atoms with Crippen molar-refractivity contribution in [1.82, 2.24) is 9.80 Å². The number of carbonyl (C=O) groups excluding carboxylic acids is 2. The first-order valence-electron chi connectivity index (χ1n) is 10.3. The third-order valence-electron chi connectivity index (χ3n) is 5.33. The third kappa shape index (κ3) is 6.78. The molecule has 0 aromatic heterocycles. The molecule has 2 rings (SSSR count). The zero-order valence-electron chi connectivity index (χ0n) is 16.8. The monoisotopic (exact) mass is 367 g/mol. The molecule has 2 aliphatic rings. The van der Waals surface area contributed by atoms with E-state index >= 15 is 0 Å². The van der Waals surface area contributed by atoms with Gasteiger partial charge in [0.2, 0.25) is 5.91 Å². The van der Waals surface area contributed by atoms with E-state index in [0.717, 1.165) is 45.1 Å². The summed E-state index contributed by atoms with van der Waals surface area (Å²) < 4.78 is 5.46. The molecule has 2 N–H and O–H groups in total. The Labute approximate surface area is 158 Å². The Bertz CT molecular complexity index is 467. The number of nitrogens with two attached hydrogens (primary N) is 1. The molecule has 0 spiro atoms. The molecule has 150 valence electrons. The van der Waals surface area contributed by atoms with Crippen LogP contribution in [0, 0.1) is 0 Å². The molecule has 6 nitrogen and oxygen atoms in total. The summed E-state index contributed by atoms with van der Waals surface area (Å²) in [6, 6.07) is 0.381. The van der Waals surface area contributed by atoms with Gasteiger partial charge in [-0.15, -0.1) is 0 Å². The van der Waals surface area contributed by atoms with Crippen LogP contribution in [0.2, 0.25) is 0 Å². The quantitative estimate of drug-likeness (QED) is 0.771. The van der Waals surface area contributed by atoms with E-state index in [-0.39, 0.29) is 24.1 Å². The van der Waals surface area contributed by atoms with Gasteiger partial charge in [0.05, 0.1) is 0 Å². The second-order valence-electron chi connectivity index (χ2n) is 8.79. The number of hydrogen-bond donors (Lipinski definition) is 1. The summed E-state index contributed by atoms with van der Waals surface area (Å²) in [5.41, 5.74) is 5.66. The molecule has 1 atom stereocenters. The van der Waals surface area contributed by atoms with Crippen LogP contribution in [0.5, 0.6) is 0 Å². The van der Waals surface area contributed by atoms with E-state index in [1.165, 1.54) is 12.8 Å². The minimum absolute atomic E-state index is 0.146. The van der Waals surface area contributed by atoms with E-state index in [1.54, 1.807) is 4.90 Å². The van der Waals surface area contributed by atoms with Crippen LogP contribution < -0.4 is 5.73 Å². The van der Waals surface area contributed by atoms with E-state index in [2.05, 4.69) is 4.90 Å². The maximum Gasteiger partial charge on any atom is 0.410 e. The molecule has 2 aliphatic heterocycles. The first kappa shape index (κ1) is 21.0. The van der Waals surface area contributed by atoms with E-state index in [0.29, 0.717) is 19.5 Å². The fourth-order valence-corrected chi connectivity index (χ4v) is 3.84. The summed E-state index contributed by atoms with van der Waals surface area (Å²) in [6.07, 6.45) is 8.37. The standard InChI is InChI=1S/C20H37N3O3/c1-20(2,3)26-19(25)22-14-11-17(12-15-22)23-13-7-5-4-6-8-16(21)9-10-18(23)24/h16-17H,4-15,21H2,1-3H3. The number of carbonyl (C=O) groups is 2. The topological polar surface area (TPSA) is 75.9 Å². The predicted octanol–water partition coefficient (Wildman–Crippen LogP) is 3.29. The Morgan fingerprint density at radius 3 is 2.31 bits per heavy atom. The van der Waals surface area contributed by atoms with Gasteiger partial charge in [0.1, 0.15) is 5.60 Å². The van der Waals surface area contributed by atoms with Crippen LogP contribution in [-0.4, -0.2) is 59.1 Å². The lowest BCUT2D eigenvalue weighted by atomic mass is 10.0. The van der Waals surface area contributed by atoms with Crippen molar-refractivity contribution in [2.45, 2.75) is 96.2 Å². The molecule has 6 heteroatoms. The molecule has 0 aromatic carbocycles. The number of ether oxygens (including phenoxy) is 1. The maximum atomic E-state index is 12.8. The average Bonchev–Trinajstić information content (AvgIpc) is 2.60. The molecule has 1 unspecified atom stereocenters. The minimum atomic E-state index is -0.471. The molecule has 2 heterocycles. The number of piperidine rings is 1. The molecule has 0 aromatic rings. The first-order chi connectivity index (χ1) is 12.3. The van der Waals surface area contributed by atoms with Crippen molar-refractivity contribution in [2.24, 2.45) is 5.73 Å². The zero-order valence-corrected chi connectivity index (χ0v) is 16.8. The number of hydrogen-bond acceptors (Lipinski definition) is 4. The largest absolute Gasteiger partial charge is 0.444 e. The van der Waals surface area contributed by atoms with Gasteiger partial charge in [-0.3, -0.25) is 4.79 Å². The lowest BCUT2D eigenvalue weighted by molar-refractivity contribution is -0.134. The number of nitrogens with zero attached hydrogens (tertiary/aromatic N) is 2. The fourth-order valence-electron chi connectivity index (χ4n) is 3.84. The molecule has 0 bridgehead atoms. The Balaban J connectivity index is 1.90. The van der Waals surface area contributed by atoms with E-state index < -0.39 is 5.60 Å². The van der Waals surface area contributed by atoms with Crippen molar-refractivity contribution in [3.63, 3.8) is 0 Å². The van der Waals surface area contributed by atoms with Gasteiger partial charge in [-0.1, -0.05) is 19.3 Å². The van der Waals surface area contributed by atoms with Gasteiger partial charge in [0.25, 0.3) is 0 Å². The zero-order chi connectivity index (χ0) is 19.2. The van der Waals surface area contributed by atoms with Gasteiger partial charge >= 0.3 is 6.09 Å². The Morgan fingerprint density at radius 1 is 1.00 bits per heavy atom. The molecule has 26 heavy (non-hydrogen) atoms. The predicted molar refractivity (Wildman–Crippen MR) is 103 cm³/mol. The summed E-state index contributed by atoms with van der Waals surface area (Å²) in [6.45, 7) is 7.80. The second kappa shape index (κ2) is 9.58. The van der Waals surface area contributed by atoms with Crippen LogP contribution in [0.25, 0.3) is 0 Å². The van der Waals surface area contributed by atoms with Crippen LogP contribution in [0.4, 0.5) is 4.79 Å². The maximum absolute atomic E-state index is 12.8. The minimum Gasteiger partial charge on any atom is -0.444 e. The molecule has 2 fully saturated rings. The summed E-state index contributed by atoms with van der Waals surface area (Å²) in [4.78, 5) is 28.8. The van der Waals surface area contributed by atoms with Crippen molar-refractivity contribution in [3.8, 4) is 0 Å². The smallest absolute Gasteiger partial charge is 0.410 e. The van der Waals surface area contributed by atoms with Crippen LogP contribution in [0.1, 0.15) is 78.6 Å².